The number of ether oxygens (including phenoxy) is 5. The van der Waals surface area contributed by atoms with E-state index in [2.05, 4.69) is 20.9 Å². The number of benzene rings is 2. The van der Waals surface area contributed by atoms with Gasteiger partial charge in [0, 0.05) is 49.7 Å². The van der Waals surface area contributed by atoms with Gasteiger partial charge >= 0.3 is 30.3 Å². The molecule has 0 aliphatic heterocycles. The summed E-state index contributed by atoms with van der Waals surface area (Å²) in [4.78, 5) is 68.4. The third-order valence-electron chi connectivity index (χ3n) is 7.62. The molecule has 2 aromatic carbocycles. The summed E-state index contributed by atoms with van der Waals surface area (Å²) in [5, 5.41) is 8.76. The maximum atomic E-state index is 13.3. The highest BCUT2D eigenvalue weighted by Crippen LogP contribution is 2.25. The average molecular weight is 782 g/mol. The van der Waals surface area contributed by atoms with Crippen LogP contribution in [0.2, 0.25) is 0 Å². The molecule has 56 heavy (non-hydrogen) atoms. The molecule has 3 aromatic rings. The number of alkyl carbamates (subject to hydrolysis) is 2. The van der Waals surface area contributed by atoms with Crippen molar-refractivity contribution in [3.63, 3.8) is 0 Å². The first kappa shape index (κ1) is 44.9. The maximum Gasteiger partial charge on any atom is 0.412 e. The lowest BCUT2D eigenvalue weighted by Gasteiger charge is -2.27. The summed E-state index contributed by atoms with van der Waals surface area (Å²) >= 11 is 0. The van der Waals surface area contributed by atoms with Crippen molar-refractivity contribution in [1.29, 1.82) is 0 Å². The van der Waals surface area contributed by atoms with E-state index in [-0.39, 0.29) is 25.3 Å². The van der Waals surface area contributed by atoms with Gasteiger partial charge in [-0.3, -0.25) is 0 Å². The highest BCUT2D eigenvalue weighted by atomic mass is 16.6. The normalized spacial score (nSPS) is 12.2. The monoisotopic (exact) mass is 781 g/mol. The summed E-state index contributed by atoms with van der Waals surface area (Å²) < 4.78 is 27.4. The number of rotatable bonds is 16. The number of nitrogens with one attached hydrogen (secondary N) is 4. The molecule has 15 nitrogen and oxygen atoms in total. The van der Waals surface area contributed by atoms with Gasteiger partial charge in [0.15, 0.2) is 0 Å². The van der Waals surface area contributed by atoms with Crippen LogP contribution in [0.25, 0.3) is 10.9 Å². The topological polar surface area (TPSA) is 187 Å². The Balaban J connectivity index is 1.58. The number of hydrogen-bond acceptors (Lipinski definition) is 10. The van der Waals surface area contributed by atoms with E-state index in [1.165, 1.54) is 0 Å². The van der Waals surface area contributed by atoms with Crippen LogP contribution in [-0.2, 0) is 36.8 Å². The van der Waals surface area contributed by atoms with E-state index < -0.39 is 53.2 Å². The lowest BCUT2D eigenvalue weighted by molar-refractivity contribution is -0.147. The highest BCUT2D eigenvalue weighted by Gasteiger charge is 2.27. The van der Waals surface area contributed by atoms with E-state index in [0.717, 1.165) is 11.1 Å². The Morgan fingerprint density at radius 1 is 0.714 bits per heavy atom. The fourth-order valence-electron chi connectivity index (χ4n) is 5.24. The van der Waals surface area contributed by atoms with Crippen molar-refractivity contribution in [2.75, 3.05) is 26.2 Å². The molecule has 0 saturated heterocycles. The van der Waals surface area contributed by atoms with Gasteiger partial charge in [-0.25, -0.2) is 24.0 Å². The Morgan fingerprint density at radius 3 is 1.98 bits per heavy atom. The van der Waals surface area contributed by atoms with Crippen LogP contribution in [0.15, 0.2) is 54.7 Å². The van der Waals surface area contributed by atoms with Crippen molar-refractivity contribution in [2.45, 2.75) is 117 Å². The molecule has 3 rings (SSSR count). The molecule has 1 aromatic heterocycles. The molecule has 0 fully saturated rings. The zero-order chi connectivity index (χ0) is 41.5. The van der Waals surface area contributed by atoms with E-state index in [9.17, 15) is 24.0 Å². The first-order chi connectivity index (χ1) is 26.2. The molecule has 0 radical (unpaired) electrons. The molecular formula is C41H59N5O10. The van der Waals surface area contributed by atoms with Crippen LogP contribution in [0.1, 0.15) is 92.7 Å². The number of H-pyrrole nitrogens is 1. The Morgan fingerprint density at radius 2 is 1.32 bits per heavy atom. The second kappa shape index (κ2) is 20.4. The lowest BCUT2D eigenvalue weighted by atomic mass is 10.0. The number of aromatic amines is 1. The summed E-state index contributed by atoms with van der Waals surface area (Å²) in [5.74, 6) is -0.379. The first-order valence-electron chi connectivity index (χ1n) is 18.9. The van der Waals surface area contributed by atoms with Crippen LogP contribution in [-0.4, -0.2) is 89.3 Å². The second-order valence-corrected chi connectivity index (χ2v) is 16.3. The van der Waals surface area contributed by atoms with Crippen molar-refractivity contribution in [3.05, 3.63) is 65.9 Å². The summed E-state index contributed by atoms with van der Waals surface area (Å²) in [6, 6.07) is 13.2. The Hall–Kier alpha value is -5.47. The summed E-state index contributed by atoms with van der Waals surface area (Å²) in [5.41, 5.74) is 0.142. The molecule has 0 aliphatic carbocycles. The quantitative estimate of drug-likeness (QED) is 0.0650. The van der Waals surface area contributed by atoms with E-state index >= 15 is 0 Å². The molecule has 4 amide bonds. The predicted molar refractivity (Wildman–Crippen MR) is 211 cm³/mol. The van der Waals surface area contributed by atoms with Gasteiger partial charge in [0.05, 0.1) is 0 Å². The minimum absolute atomic E-state index is 0.0291. The first-order valence-corrected chi connectivity index (χ1v) is 18.9. The van der Waals surface area contributed by atoms with Crippen molar-refractivity contribution >= 4 is 41.2 Å². The number of nitrogens with zero attached hydrogens (tertiary/aromatic N) is 1. The molecule has 0 saturated carbocycles. The van der Waals surface area contributed by atoms with E-state index in [4.69, 9.17) is 23.7 Å². The fraction of sp³-hybridized carbons (Fsp3) is 0.537. The summed E-state index contributed by atoms with van der Waals surface area (Å²) in [7, 11) is 0. The van der Waals surface area contributed by atoms with E-state index in [0.29, 0.717) is 49.8 Å². The third kappa shape index (κ3) is 17.3. The average Bonchev–Trinajstić information content (AvgIpc) is 3.47. The van der Waals surface area contributed by atoms with Crippen LogP contribution in [0.4, 0.5) is 19.2 Å². The smallest absolute Gasteiger partial charge is 0.412 e. The zero-order valence-corrected chi connectivity index (χ0v) is 34.2. The Labute approximate surface area is 329 Å². The van der Waals surface area contributed by atoms with Gasteiger partial charge in [-0.15, -0.1) is 0 Å². The third-order valence-corrected chi connectivity index (χ3v) is 7.62. The predicted octanol–water partition coefficient (Wildman–Crippen LogP) is 7.37. The standard InChI is InChI=1S/C41H59N5O10/c1-39(2,3)54-36(49)43-20-13-14-22-46(38(51)56-41(7,8)9)23-15-21-42-35(48)53-30-18-19-32-31(25-30)29(26-44-32)24-33(45-37(50)55-40(4,5)6)34(47)52-27-28-16-11-10-12-17-28/h10-12,16-19,25-26,33,44H,13-15,20-24,27H2,1-9H3,(H,42,48)(H,43,49)(H,45,50). The van der Waals surface area contributed by atoms with Crippen LogP contribution in [0.5, 0.6) is 5.75 Å². The number of unbranched alkanes of at least 4 members (excludes halogenated alkanes) is 1. The number of hydrogen-bond donors (Lipinski definition) is 4. The highest BCUT2D eigenvalue weighted by molar-refractivity contribution is 5.87. The molecule has 0 spiro atoms. The van der Waals surface area contributed by atoms with Crippen molar-refractivity contribution in [2.24, 2.45) is 0 Å². The number of carbonyl (C=O) groups is 5. The van der Waals surface area contributed by atoms with Crippen LogP contribution in [0, 0.1) is 0 Å². The Bertz CT molecular complexity index is 1760. The van der Waals surface area contributed by atoms with Crippen LogP contribution in [0.3, 0.4) is 0 Å². The number of aromatic nitrogens is 1. The van der Waals surface area contributed by atoms with Crippen molar-refractivity contribution in [3.8, 4) is 5.75 Å². The zero-order valence-electron chi connectivity index (χ0n) is 34.2. The molecule has 308 valence electrons. The minimum Gasteiger partial charge on any atom is -0.459 e. The molecule has 1 unspecified atom stereocenters. The van der Waals surface area contributed by atoms with Gasteiger partial charge in [-0.05, 0) is 111 Å². The van der Waals surface area contributed by atoms with E-state index in [1.807, 2.05) is 30.3 Å². The summed E-state index contributed by atoms with van der Waals surface area (Å²) in [6.45, 7) is 17.3. The molecule has 0 aliphatic rings. The molecular weight excluding hydrogens is 722 g/mol. The number of fused-ring (bicyclic) bond motifs is 1. The molecule has 1 heterocycles. The molecule has 15 heteroatoms. The van der Waals surface area contributed by atoms with Crippen LogP contribution < -0.4 is 20.7 Å². The van der Waals surface area contributed by atoms with Gasteiger partial charge in [0.1, 0.15) is 35.2 Å². The number of amides is 4. The van der Waals surface area contributed by atoms with Crippen LogP contribution >= 0.6 is 0 Å². The second-order valence-electron chi connectivity index (χ2n) is 16.3. The van der Waals surface area contributed by atoms with Gasteiger partial charge < -0.3 is 49.5 Å². The van der Waals surface area contributed by atoms with Gasteiger partial charge in [-0.2, -0.15) is 0 Å². The van der Waals surface area contributed by atoms with Gasteiger partial charge in [0.2, 0.25) is 0 Å². The van der Waals surface area contributed by atoms with Crippen molar-refractivity contribution in [1.82, 2.24) is 25.8 Å². The summed E-state index contributed by atoms with van der Waals surface area (Å²) in [6.07, 6.45) is 1.03. The Kier molecular flexibility index (Phi) is 16.4. The number of esters is 1. The fourth-order valence-corrected chi connectivity index (χ4v) is 5.24. The van der Waals surface area contributed by atoms with E-state index in [1.54, 1.807) is 91.6 Å². The molecule has 0 bridgehead atoms. The minimum atomic E-state index is -1.07. The SMILES string of the molecule is CC(C)(C)OC(=O)NCCCCN(CCCNC(=O)Oc1ccc2[nH]cc(CC(NC(=O)OC(C)(C)C)C(=O)OCc3ccccc3)c2c1)C(=O)OC(C)(C)C. The maximum absolute atomic E-state index is 13.3. The largest absolute Gasteiger partial charge is 0.459 e. The lowest BCUT2D eigenvalue weighted by Crippen LogP contribution is -2.45. The molecule has 1 atom stereocenters. The number of carbonyl (C=O) groups excluding carboxylic acids is 5. The van der Waals surface area contributed by atoms with Gasteiger partial charge in [-0.1, -0.05) is 30.3 Å². The molecule has 4 N–H and O–H groups in total. The van der Waals surface area contributed by atoms with Gasteiger partial charge in [0.25, 0.3) is 0 Å². The van der Waals surface area contributed by atoms with Crippen molar-refractivity contribution < 1.29 is 47.7 Å².